The molecule has 7 atom stereocenters. The van der Waals surface area contributed by atoms with Crippen molar-refractivity contribution in [2.24, 2.45) is 17.8 Å². The standard InChI is InChI=1S/C33H58O6/c1-5-6-22-33(2,37-4)28(31-17-11-13-24-39-31)20-18-25-19-21-29(34)26(25)14-8-7-9-15-27(32(35)36-3)30-16-10-12-23-38-30/h15,25-26,28-31,34H,5-14,16-24H2,1-4H3/t25-,26+,28?,29-,30?,31?,33?/m0/s1. The lowest BCUT2D eigenvalue weighted by molar-refractivity contribution is -0.138. The van der Waals surface area contributed by atoms with Crippen LogP contribution in [0.15, 0.2) is 11.6 Å². The molecule has 4 unspecified atom stereocenters. The molecule has 0 amide bonds. The molecule has 0 aromatic heterocycles. The molecule has 6 heteroatoms. The van der Waals surface area contributed by atoms with Gasteiger partial charge in [0.1, 0.15) is 0 Å². The molecule has 2 heterocycles. The second-order valence-electron chi connectivity index (χ2n) is 12.6. The van der Waals surface area contributed by atoms with E-state index >= 15 is 0 Å². The van der Waals surface area contributed by atoms with Gasteiger partial charge in [0, 0.05) is 26.2 Å². The van der Waals surface area contributed by atoms with E-state index < -0.39 is 0 Å². The van der Waals surface area contributed by atoms with Crippen LogP contribution >= 0.6 is 0 Å². The molecule has 39 heavy (non-hydrogen) atoms. The zero-order valence-electron chi connectivity index (χ0n) is 25.5. The summed E-state index contributed by atoms with van der Waals surface area (Å²) >= 11 is 0. The minimum absolute atomic E-state index is 0.122. The highest BCUT2D eigenvalue weighted by atomic mass is 16.5. The van der Waals surface area contributed by atoms with Crippen LogP contribution in [0.3, 0.4) is 0 Å². The third-order valence-electron chi connectivity index (χ3n) is 10.0. The molecule has 3 rings (SSSR count). The van der Waals surface area contributed by atoms with Crippen molar-refractivity contribution in [2.45, 2.75) is 147 Å². The lowest BCUT2D eigenvalue weighted by Gasteiger charge is -2.43. The number of methoxy groups -OCH3 is 2. The van der Waals surface area contributed by atoms with E-state index in [1.807, 2.05) is 13.2 Å². The van der Waals surface area contributed by atoms with Crippen LogP contribution in [0.25, 0.3) is 0 Å². The van der Waals surface area contributed by atoms with Crippen LogP contribution in [-0.4, -0.2) is 62.4 Å². The highest BCUT2D eigenvalue weighted by Crippen LogP contribution is 2.43. The van der Waals surface area contributed by atoms with Crippen LogP contribution in [0.5, 0.6) is 0 Å². The van der Waals surface area contributed by atoms with Crippen LogP contribution in [0.2, 0.25) is 0 Å². The Morgan fingerprint density at radius 3 is 2.41 bits per heavy atom. The Morgan fingerprint density at radius 2 is 1.77 bits per heavy atom. The van der Waals surface area contributed by atoms with Crippen molar-refractivity contribution in [1.29, 1.82) is 0 Å². The predicted molar refractivity (Wildman–Crippen MR) is 156 cm³/mol. The summed E-state index contributed by atoms with van der Waals surface area (Å²) in [6.45, 7) is 6.15. The van der Waals surface area contributed by atoms with E-state index in [1.165, 1.54) is 32.8 Å². The van der Waals surface area contributed by atoms with Gasteiger partial charge in [0.25, 0.3) is 0 Å². The van der Waals surface area contributed by atoms with Crippen LogP contribution in [0, 0.1) is 17.8 Å². The van der Waals surface area contributed by atoms with Gasteiger partial charge >= 0.3 is 5.97 Å². The number of aliphatic hydroxyl groups is 1. The average molecular weight is 551 g/mol. The molecule has 0 aromatic carbocycles. The predicted octanol–water partition coefficient (Wildman–Crippen LogP) is 7.16. The first-order valence-corrected chi connectivity index (χ1v) is 16.2. The number of unbranched alkanes of at least 4 members (excludes halogenated alkanes) is 3. The number of hydrogen-bond acceptors (Lipinski definition) is 6. The fourth-order valence-electron chi connectivity index (χ4n) is 7.47. The Hall–Kier alpha value is -0.950. The largest absolute Gasteiger partial charge is 0.466 e. The monoisotopic (exact) mass is 550 g/mol. The fourth-order valence-corrected chi connectivity index (χ4v) is 7.47. The zero-order valence-corrected chi connectivity index (χ0v) is 25.5. The minimum atomic E-state index is -0.258. The number of carbonyl (C=O) groups is 1. The Balaban J connectivity index is 1.54. The normalized spacial score (nSPS) is 30.6. The van der Waals surface area contributed by atoms with E-state index in [0.717, 1.165) is 96.7 Å². The van der Waals surface area contributed by atoms with Gasteiger partial charge in [-0.1, -0.05) is 32.3 Å². The number of ether oxygens (including phenoxy) is 4. The SMILES string of the molecule is CCCCC(C)(OC)C(CC[C@H]1CC[C@H](O)[C@@H]1CCCCC=C(C(=O)OC)C1CCCCO1)C1CCCCO1. The Bertz CT molecular complexity index is 726. The quantitative estimate of drug-likeness (QED) is 0.125. The van der Waals surface area contributed by atoms with E-state index in [2.05, 4.69) is 13.8 Å². The van der Waals surface area contributed by atoms with E-state index in [4.69, 9.17) is 18.9 Å². The second kappa shape index (κ2) is 17.1. The Morgan fingerprint density at radius 1 is 1.00 bits per heavy atom. The molecular formula is C33H58O6. The molecule has 0 aromatic rings. The van der Waals surface area contributed by atoms with Gasteiger partial charge in [-0.3, -0.25) is 0 Å². The first-order valence-electron chi connectivity index (χ1n) is 16.2. The third kappa shape index (κ3) is 9.55. The molecule has 3 aliphatic rings. The van der Waals surface area contributed by atoms with E-state index in [-0.39, 0.29) is 29.9 Å². The number of carbonyl (C=O) groups excluding carboxylic acids is 1. The maximum absolute atomic E-state index is 12.3. The van der Waals surface area contributed by atoms with Gasteiger partial charge in [-0.2, -0.15) is 0 Å². The first kappa shape index (κ1) is 32.6. The number of esters is 1. The van der Waals surface area contributed by atoms with Gasteiger partial charge in [-0.05, 0) is 109 Å². The van der Waals surface area contributed by atoms with Crippen LogP contribution in [0.1, 0.15) is 123 Å². The second-order valence-corrected chi connectivity index (χ2v) is 12.6. The summed E-state index contributed by atoms with van der Waals surface area (Å²) in [5, 5.41) is 10.9. The fraction of sp³-hybridized carbons (Fsp3) is 0.909. The van der Waals surface area contributed by atoms with Crippen molar-refractivity contribution >= 4 is 5.97 Å². The number of allylic oxidation sites excluding steroid dienone is 1. The van der Waals surface area contributed by atoms with Crippen molar-refractivity contribution in [2.75, 3.05) is 27.4 Å². The summed E-state index contributed by atoms with van der Waals surface area (Å²) in [6.07, 6.45) is 20.3. The summed E-state index contributed by atoms with van der Waals surface area (Å²) < 4.78 is 23.4. The number of rotatable bonds is 16. The summed E-state index contributed by atoms with van der Waals surface area (Å²) in [6, 6.07) is 0. The topological polar surface area (TPSA) is 74.2 Å². The van der Waals surface area contributed by atoms with Crippen molar-refractivity contribution in [1.82, 2.24) is 0 Å². The van der Waals surface area contributed by atoms with E-state index in [0.29, 0.717) is 23.3 Å². The zero-order chi connectivity index (χ0) is 28.1. The lowest BCUT2D eigenvalue weighted by atomic mass is 9.74. The van der Waals surface area contributed by atoms with Crippen LogP contribution in [0.4, 0.5) is 0 Å². The summed E-state index contributed by atoms with van der Waals surface area (Å²) in [5.41, 5.74) is 0.535. The van der Waals surface area contributed by atoms with Gasteiger partial charge in [0.05, 0.1) is 36.6 Å². The van der Waals surface area contributed by atoms with Gasteiger partial charge in [0.2, 0.25) is 0 Å². The highest BCUT2D eigenvalue weighted by molar-refractivity contribution is 5.89. The van der Waals surface area contributed by atoms with Crippen molar-refractivity contribution in [3.05, 3.63) is 11.6 Å². The average Bonchev–Trinajstić information content (AvgIpc) is 3.33. The smallest absolute Gasteiger partial charge is 0.336 e. The molecule has 6 nitrogen and oxygen atoms in total. The molecule has 0 bridgehead atoms. The maximum Gasteiger partial charge on any atom is 0.336 e. The van der Waals surface area contributed by atoms with Crippen LogP contribution in [-0.2, 0) is 23.7 Å². The molecule has 1 aliphatic carbocycles. The molecule has 1 saturated carbocycles. The van der Waals surface area contributed by atoms with Gasteiger partial charge in [-0.15, -0.1) is 0 Å². The van der Waals surface area contributed by atoms with Gasteiger partial charge in [0.15, 0.2) is 0 Å². The van der Waals surface area contributed by atoms with Gasteiger partial charge < -0.3 is 24.1 Å². The Kier molecular flexibility index (Phi) is 14.3. The van der Waals surface area contributed by atoms with Crippen molar-refractivity contribution in [3.8, 4) is 0 Å². The maximum atomic E-state index is 12.3. The summed E-state index contributed by atoms with van der Waals surface area (Å²) in [5.74, 6) is 1.08. The van der Waals surface area contributed by atoms with Crippen molar-refractivity contribution < 1.29 is 28.8 Å². The summed E-state index contributed by atoms with van der Waals surface area (Å²) in [7, 11) is 3.33. The molecule has 1 N–H and O–H groups in total. The summed E-state index contributed by atoms with van der Waals surface area (Å²) in [4.78, 5) is 12.3. The molecular weight excluding hydrogens is 492 g/mol. The highest BCUT2D eigenvalue weighted by Gasteiger charge is 2.42. The number of hydrogen-bond donors (Lipinski definition) is 1. The molecule has 0 spiro atoms. The molecule has 2 aliphatic heterocycles. The van der Waals surface area contributed by atoms with E-state index in [1.54, 1.807) is 0 Å². The van der Waals surface area contributed by atoms with Crippen LogP contribution < -0.4 is 0 Å². The minimum Gasteiger partial charge on any atom is -0.466 e. The lowest BCUT2D eigenvalue weighted by Crippen LogP contribution is -2.46. The van der Waals surface area contributed by atoms with E-state index in [9.17, 15) is 9.90 Å². The molecule has 3 fully saturated rings. The third-order valence-corrected chi connectivity index (χ3v) is 10.0. The number of aliphatic hydroxyl groups excluding tert-OH is 1. The van der Waals surface area contributed by atoms with Gasteiger partial charge in [-0.25, -0.2) is 4.79 Å². The molecule has 2 saturated heterocycles. The first-order chi connectivity index (χ1) is 18.9. The molecule has 226 valence electrons. The van der Waals surface area contributed by atoms with Crippen molar-refractivity contribution in [3.63, 3.8) is 0 Å². The molecule has 0 radical (unpaired) electrons. The Labute approximate surface area is 238 Å².